The lowest BCUT2D eigenvalue weighted by molar-refractivity contribution is 0.146. The van der Waals surface area contributed by atoms with Crippen molar-refractivity contribution in [2.45, 2.75) is 12.5 Å². The first-order chi connectivity index (χ1) is 10.4. The molecule has 0 unspecified atom stereocenters. The molecule has 4 nitrogen and oxygen atoms in total. The monoisotopic (exact) mass is 305 g/mol. The molecule has 1 aromatic carbocycles. The maximum atomic E-state index is 6.22. The van der Waals surface area contributed by atoms with E-state index in [1.807, 2.05) is 25.2 Å². The molecule has 1 aliphatic heterocycles. The molecule has 3 rings (SSSR count). The van der Waals surface area contributed by atoms with Crippen LogP contribution in [0.25, 0.3) is 0 Å². The molecule has 112 valence electrons. The number of para-hydroxylation sites is 1. The summed E-state index contributed by atoms with van der Waals surface area (Å²) in [5.41, 5.74) is 0. The highest BCUT2D eigenvalue weighted by atomic mass is 32.1. The van der Waals surface area contributed by atoms with E-state index in [4.69, 9.17) is 14.2 Å². The first kappa shape index (κ1) is 14.2. The number of nitrogens with one attached hydrogen (secondary N) is 1. The molecule has 1 aliphatic rings. The molecule has 21 heavy (non-hydrogen) atoms. The van der Waals surface area contributed by atoms with Gasteiger partial charge in [0.05, 0.1) is 0 Å². The van der Waals surface area contributed by atoms with Crippen molar-refractivity contribution in [3.05, 3.63) is 40.6 Å². The van der Waals surface area contributed by atoms with Gasteiger partial charge in [-0.2, -0.15) is 0 Å². The van der Waals surface area contributed by atoms with E-state index in [9.17, 15) is 0 Å². The maximum Gasteiger partial charge on any atom is 0.203 e. The Morgan fingerprint density at radius 3 is 2.95 bits per heavy atom. The predicted octanol–water partition coefficient (Wildman–Crippen LogP) is 3.25. The highest BCUT2D eigenvalue weighted by Crippen LogP contribution is 2.41. The molecule has 0 aliphatic carbocycles. The van der Waals surface area contributed by atoms with Crippen LogP contribution in [0.15, 0.2) is 35.7 Å². The standard InChI is InChI=1S/C16H19NO3S/c1-17-8-7-12(15-6-3-11-21-15)20-14-5-2-4-13-16(14)19-10-9-18-13/h2-6,11-12,17H,7-10H2,1H3/t12-/m0/s1. The molecule has 0 amide bonds. The largest absolute Gasteiger partial charge is 0.486 e. The van der Waals surface area contributed by atoms with E-state index >= 15 is 0 Å². The van der Waals surface area contributed by atoms with Crippen molar-refractivity contribution in [2.24, 2.45) is 0 Å². The smallest absolute Gasteiger partial charge is 0.203 e. The predicted molar refractivity (Wildman–Crippen MR) is 83.7 cm³/mol. The second-order valence-corrected chi connectivity index (χ2v) is 5.77. The van der Waals surface area contributed by atoms with Crippen LogP contribution in [-0.4, -0.2) is 26.8 Å². The van der Waals surface area contributed by atoms with E-state index in [2.05, 4.69) is 22.8 Å². The van der Waals surface area contributed by atoms with E-state index in [-0.39, 0.29) is 6.10 Å². The molecule has 2 aromatic rings. The van der Waals surface area contributed by atoms with Gasteiger partial charge in [0.15, 0.2) is 11.5 Å². The Morgan fingerprint density at radius 2 is 2.14 bits per heavy atom. The minimum atomic E-state index is 0.0227. The minimum absolute atomic E-state index is 0.0227. The Morgan fingerprint density at radius 1 is 1.24 bits per heavy atom. The number of rotatable bonds is 6. The van der Waals surface area contributed by atoms with Crippen molar-refractivity contribution in [3.8, 4) is 17.2 Å². The SMILES string of the molecule is CNCC[C@H](Oc1cccc2c1OCCO2)c1cccs1. The molecule has 0 saturated heterocycles. The lowest BCUT2D eigenvalue weighted by atomic mass is 10.2. The Bertz CT molecular complexity index is 571. The van der Waals surface area contributed by atoms with Crippen molar-refractivity contribution in [1.82, 2.24) is 5.32 Å². The average molecular weight is 305 g/mol. The zero-order valence-corrected chi connectivity index (χ0v) is 12.8. The number of thiophene rings is 1. The van der Waals surface area contributed by atoms with Crippen LogP contribution in [-0.2, 0) is 0 Å². The van der Waals surface area contributed by atoms with Gasteiger partial charge in [-0.1, -0.05) is 12.1 Å². The number of hydrogen-bond acceptors (Lipinski definition) is 5. The van der Waals surface area contributed by atoms with E-state index < -0.39 is 0 Å². The van der Waals surface area contributed by atoms with Crippen LogP contribution in [0.2, 0.25) is 0 Å². The molecule has 1 N–H and O–H groups in total. The summed E-state index contributed by atoms with van der Waals surface area (Å²) in [6, 6.07) is 9.95. The van der Waals surface area contributed by atoms with Crippen LogP contribution < -0.4 is 19.5 Å². The van der Waals surface area contributed by atoms with Crippen molar-refractivity contribution in [2.75, 3.05) is 26.8 Å². The van der Waals surface area contributed by atoms with E-state index in [1.165, 1.54) is 4.88 Å². The Hall–Kier alpha value is -1.72. The zero-order chi connectivity index (χ0) is 14.5. The topological polar surface area (TPSA) is 39.7 Å². The van der Waals surface area contributed by atoms with E-state index in [1.54, 1.807) is 11.3 Å². The van der Waals surface area contributed by atoms with Gasteiger partial charge >= 0.3 is 0 Å². The van der Waals surface area contributed by atoms with Gasteiger partial charge in [0.25, 0.3) is 0 Å². The van der Waals surface area contributed by atoms with Gasteiger partial charge < -0.3 is 19.5 Å². The third-order valence-corrected chi connectivity index (χ3v) is 4.28. The van der Waals surface area contributed by atoms with Gasteiger partial charge in [0.1, 0.15) is 19.3 Å². The van der Waals surface area contributed by atoms with Gasteiger partial charge in [-0.3, -0.25) is 0 Å². The highest BCUT2D eigenvalue weighted by Gasteiger charge is 2.21. The van der Waals surface area contributed by atoms with Crippen molar-refractivity contribution >= 4 is 11.3 Å². The summed E-state index contributed by atoms with van der Waals surface area (Å²) in [6.07, 6.45) is 0.927. The quantitative estimate of drug-likeness (QED) is 0.889. The second kappa shape index (κ2) is 6.83. The summed E-state index contributed by atoms with van der Waals surface area (Å²) in [5.74, 6) is 2.23. The number of ether oxygens (including phenoxy) is 3. The fourth-order valence-corrected chi connectivity index (χ4v) is 3.09. The molecule has 1 aromatic heterocycles. The zero-order valence-electron chi connectivity index (χ0n) is 12.0. The normalized spacial score (nSPS) is 14.7. The lowest BCUT2D eigenvalue weighted by Gasteiger charge is -2.24. The van der Waals surface area contributed by atoms with Gasteiger partial charge in [0, 0.05) is 11.3 Å². The first-order valence-electron chi connectivity index (χ1n) is 7.12. The molecular weight excluding hydrogens is 286 g/mol. The Kier molecular flexibility index (Phi) is 4.62. The lowest BCUT2D eigenvalue weighted by Crippen LogP contribution is -2.18. The van der Waals surface area contributed by atoms with Crippen LogP contribution in [0.5, 0.6) is 17.2 Å². The molecule has 0 bridgehead atoms. The molecular formula is C16H19NO3S. The highest BCUT2D eigenvalue weighted by molar-refractivity contribution is 7.10. The molecule has 0 spiro atoms. The van der Waals surface area contributed by atoms with E-state index in [0.717, 1.165) is 30.2 Å². The summed E-state index contributed by atoms with van der Waals surface area (Å²) in [6.45, 7) is 2.05. The van der Waals surface area contributed by atoms with Crippen LogP contribution in [0.3, 0.4) is 0 Å². The first-order valence-corrected chi connectivity index (χ1v) is 7.99. The number of fused-ring (bicyclic) bond motifs is 1. The molecule has 0 radical (unpaired) electrons. The Balaban J connectivity index is 1.82. The molecule has 5 heteroatoms. The number of hydrogen-bond donors (Lipinski definition) is 1. The van der Waals surface area contributed by atoms with Gasteiger partial charge in [-0.05, 0) is 37.2 Å². The molecule has 2 heterocycles. The number of benzene rings is 1. The van der Waals surface area contributed by atoms with Crippen LogP contribution >= 0.6 is 11.3 Å². The summed E-state index contributed by atoms with van der Waals surface area (Å²) in [5, 5.41) is 5.25. The van der Waals surface area contributed by atoms with Crippen molar-refractivity contribution in [3.63, 3.8) is 0 Å². The van der Waals surface area contributed by atoms with Gasteiger partial charge in [0.2, 0.25) is 5.75 Å². The van der Waals surface area contributed by atoms with Crippen LogP contribution in [0.4, 0.5) is 0 Å². The average Bonchev–Trinajstić information content (AvgIpc) is 3.06. The van der Waals surface area contributed by atoms with E-state index in [0.29, 0.717) is 13.2 Å². The fourth-order valence-electron chi connectivity index (χ4n) is 2.30. The molecule has 1 atom stereocenters. The van der Waals surface area contributed by atoms with Crippen LogP contribution in [0.1, 0.15) is 17.4 Å². The van der Waals surface area contributed by atoms with Crippen molar-refractivity contribution in [1.29, 1.82) is 0 Å². The maximum absolute atomic E-state index is 6.22. The third-order valence-electron chi connectivity index (χ3n) is 3.32. The molecule has 0 saturated carbocycles. The van der Waals surface area contributed by atoms with Crippen molar-refractivity contribution < 1.29 is 14.2 Å². The second-order valence-electron chi connectivity index (χ2n) is 4.79. The molecule has 0 fully saturated rings. The summed E-state index contributed by atoms with van der Waals surface area (Å²) < 4.78 is 17.5. The van der Waals surface area contributed by atoms with Gasteiger partial charge in [-0.15, -0.1) is 11.3 Å². The fraction of sp³-hybridized carbons (Fsp3) is 0.375. The van der Waals surface area contributed by atoms with Crippen LogP contribution in [0, 0.1) is 0 Å². The minimum Gasteiger partial charge on any atom is -0.486 e. The summed E-state index contributed by atoms with van der Waals surface area (Å²) >= 11 is 1.71. The summed E-state index contributed by atoms with van der Waals surface area (Å²) in [4.78, 5) is 1.22. The Labute approximate surface area is 128 Å². The van der Waals surface area contributed by atoms with Gasteiger partial charge in [-0.25, -0.2) is 0 Å². The third kappa shape index (κ3) is 3.31. The summed E-state index contributed by atoms with van der Waals surface area (Å²) in [7, 11) is 1.95.